The molecule has 0 fully saturated rings. The van der Waals surface area contributed by atoms with Crippen LogP contribution in [0.3, 0.4) is 0 Å². The molecule has 2 nitrogen and oxygen atoms in total. The van der Waals surface area contributed by atoms with Gasteiger partial charge in [-0.15, -0.1) is 0 Å². The first-order valence-electron chi connectivity index (χ1n) is 7.10. The Labute approximate surface area is 120 Å². The summed E-state index contributed by atoms with van der Waals surface area (Å²) in [6.07, 6.45) is 2.45. The second kappa shape index (κ2) is 7.49. The van der Waals surface area contributed by atoms with E-state index in [-0.39, 0.29) is 5.91 Å². The maximum atomic E-state index is 11.8. The first-order valence-corrected chi connectivity index (χ1v) is 7.10. The molecular weight excluding hydrogens is 246 g/mol. The largest absolute Gasteiger partial charge is 0.356 e. The van der Waals surface area contributed by atoms with Gasteiger partial charge < -0.3 is 5.32 Å². The Balaban J connectivity index is 1.66. The van der Waals surface area contributed by atoms with Crippen molar-refractivity contribution < 1.29 is 4.79 Å². The fourth-order valence-electron chi connectivity index (χ4n) is 2.12. The highest BCUT2D eigenvalue weighted by Gasteiger charge is 2.02. The van der Waals surface area contributed by atoms with Crippen LogP contribution >= 0.6 is 0 Å². The van der Waals surface area contributed by atoms with Crippen LogP contribution in [0.5, 0.6) is 0 Å². The molecule has 0 atom stereocenters. The number of carbonyl (C=O) groups is 1. The lowest BCUT2D eigenvalue weighted by molar-refractivity contribution is -0.120. The van der Waals surface area contributed by atoms with Gasteiger partial charge in [-0.05, 0) is 30.9 Å². The molecular formula is C18H21NO. The van der Waals surface area contributed by atoms with Crippen LogP contribution in [0.25, 0.3) is 0 Å². The van der Waals surface area contributed by atoms with E-state index in [4.69, 9.17) is 0 Å². The topological polar surface area (TPSA) is 29.1 Å². The van der Waals surface area contributed by atoms with Gasteiger partial charge in [-0.3, -0.25) is 4.79 Å². The zero-order chi connectivity index (χ0) is 14.2. The van der Waals surface area contributed by atoms with E-state index in [1.165, 1.54) is 11.1 Å². The minimum atomic E-state index is 0.0973. The Bertz CT molecular complexity index is 531. The highest BCUT2D eigenvalue weighted by molar-refractivity contribution is 5.78. The van der Waals surface area contributed by atoms with Crippen LogP contribution in [0.2, 0.25) is 0 Å². The number of carbonyl (C=O) groups excluding carboxylic acids is 1. The van der Waals surface area contributed by atoms with Crippen LogP contribution in [-0.4, -0.2) is 12.5 Å². The minimum Gasteiger partial charge on any atom is -0.356 e. The fourth-order valence-corrected chi connectivity index (χ4v) is 2.12. The van der Waals surface area contributed by atoms with Crippen LogP contribution in [0.4, 0.5) is 0 Å². The van der Waals surface area contributed by atoms with Gasteiger partial charge in [0.05, 0.1) is 6.42 Å². The highest BCUT2D eigenvalue weighted by atomic mass is 16.1. The average molecular weight is 267 g/mol. The molecule has 2 aromatic rings. The number of amides is 1. The van der Waals surface area contributed by atoms with Gasteiger partial charge in [0, 0.05) is 6.54 Å². The van der Waals surface area contributed by atoms with E-state index in [1.54, 1.807) is 0 Å². The average Bonchev–Trinajstić information content (AvgIpc) is 2.46. The number of nitrogens with one attached hydrogen (secondary N) is 1. The first-order chi connectivity index (χ1) is 9.74. The summed E-state index contributed by atoms with van der Waals surface area (Å²) in [5, 5.41) is 2.97. The summed E-state index contributed by atoms with van der Waals surface area (Å²) in [5.74, 6) is 0.0973. The molecule has 0 saturated heterocycles. The van der Waals surface area contributed by atoms with Crippen LogP contribution in [0.15, 0.2) is 54.6 Å². The molecule has 2 heteroatoms. The lowest BCUT2D eigenvalue weighted by atomic mass is 10.1. The molecule has 0 unspecified atom stereocenters. The molecule has 0 aliphatic rings. The molecule has 2 aromatic carbocycles. The van der Waals surface area contributed by atoms with Gasteiger partial charge in [0.15, 0.2) is 0 Å². The molecule has 0 saturated carbocycles. The molecule has 0 radical (unpaired) electrons. The predicted molar refractivity (Wildman–Crippen MR) is 82.7 cm³/mol. The molecule has 0 aromatic heterocycles. The Morgan fingerprint density at radius 1 is 0.950 bits per heavy atom. The number of benzene rings is 2. The van der Waals surface area contributed by atoms with E-state index in [0.717, 1.165) is 24.9 Å². The summed E-state index contributed by atoms with van der Waals surface area (Å²) in [6.45, 7) is 2.83. The molecule has 1 amide bonds. The highest BCUT2D eigenvalue weighted by Crippen LogP contribution is 2.05. The summed E-state index contributed by atoms with van der Waals surface area (Å²) >= 11 is 0. The number of hydrogen-bond donors (Lipinski definition) is 1. The van der Waals surface area contributed by atoms with E-state index in [9.17, 15) is 4.79 Å². The summed E-state index contributed by atoms with van der Waals surface area (Å²) in [5.41, 5.74) is 3.67. The first kappa shape index (κ1) is 14.3. The van der Waals surface area contributed by atoms with Crippen molar-refractivity contribution in [2.24, 2.45) is 0 Å². The van der Waals surface area contributed by atoms with Crippen molar-refractivity contribution in [1.82, 2.24) is 5.32 Å². The van der Waals surface area contributed by atoms with E-state index >= 15 is 0 Å². The molecule has 0 bridgehead atoms. The van der Waals surface area contributed by atoms with Crippen molar-refractivity contribution in [3.8, 4) is 0 Å². The van der Waals surface area contributed by atoms with Gasteiger partial charge in [-0.2, -0.15) is 0 Å². The molecule has 0 spiro atoms. The molecule has 2 rings (SSSR count). The SMILES string of the molecule is Cc1ccc(CCCNC(=O)Cc2ccccc2)cc1. The van der Waals surface area contributed by atoms with E-state index in [1.807, 2.05) is 30.3 Å². The second-order valence-corrected chi connectivity index (χ2v) is 5.10. The van der Waals surface area contributed by atoms with Crippen LogP contribution in [-0.2, 0) is 17.6 Å². The Morgan fingerprint density at radius 2 is 1.65 bits per heavy atom. The smallest absolute Gasteiger partial charge is 0.224 e. The molecule has 0 aliphatic carbocycles. The van der Waals surface area contributed by atoms with Gasteiger partial charge in [-0.25, -0.2) is 0 Å². The summed E-state index contributed by atoms with van der Waals surface area (Å²) in [4.78, 5) is 11.8. The van der Waals surface area contributed by atoms with Crippen molar-refractivity contribution >= 4 is 5.91 Å². The monoisotopic (exact) mass is 267 g/mol. The third-order valence-corrected chi connectivity index (χ3v) is 3.29. The van der Waals surface area contributed by atoms with Crippen LogP contribution in [0.1, 0.15) is 23.1 Å². The van der Waals surface area contributed by atoms with Crippen LogP contribution in [0, 0.1) is 6.92 Å². The number of aryl methyl sites for hydroxylation is 2. The summed E-state index contributed by atoms with van der Waals surface area (Å²) < 4.78 is 0. The molecule has 104 valence electrons. The molecule has 1 N–H and O–H groups in total. The van der Waals surface area contributed by atoms with Gasteiger partial charge in [-0.1, -0.05) is 60.2 Å². The summed E-state index contributed by atoms with van der Waals surface area (Å²) in [6, 6.07) is 18.4. The third-order valence-electron chi connectivity index (χ3n) is 3.29. The van der Waals surface area contributed by atoms with Gasteiger partial charge in [0.2, 0.25) is 5.91 Å². The van der Waals surface area contributed by atoms with Gasteiger partial charge in [0.1, 0.15) is 0 Å². The Hall–Kier alpha value is -2.09. The standard InChI is InChI=1S/C18H21NO/c1-15-9-11-16(12-10-15)8-5-13-19-18(20)14-17-6-3-2-4-7-17/h2-4,6-7,9-12H,5,8,13-14H2,1H3,(H,19,20). The van der Waals surface area contributed by atoms with Crippen molar-refractivity contribution in [2.75, 3.05) is 6.54 Å². The Morgan fingerprint density at radius 3 is 2.35 bits per heavy atom. The molecule has 20 heavy (non-hydrogen) atoms. The quantitative estimate of drug-likeness (QED) is 0.800. The second-order valence-electron chi connectivity index (χ2n) is 5.10. The zero-order valence-electron chi connectivity index (χ0n) is 11.9. The van der Waals surface area contributed by atoms with Crippen LogP contribution < -0.4 is 5.32 Å². The molecule has 0 aliphatic heterocycles. The number of hydrogen-bond acceptors (Lipinski definition) is 1. The van der Waals surface area contributed by atoms with E-state index in [2.05, 4.69) is 36.5 Å². The van der Waals surface area contributed by atoms with Crippen molar-refractivity contribution in [1.29, 1.82) is 0 Å². The summed E-state index contributed by atoms with van der Waals surface area (Å²) in [7, 11) is 0. The van der Waals surface area contributed by atoms with E-state index < -0.39 is 0 Å². The van der Waals surface area contributed by atoms with Crippen molar-refractivity contribution in [2.45, 2.75) is 26.2 Å². The lowest BCUT2D eigenvalue weighted by Gasteiger charge is -2.06. The number of rotatable bonds is 6. The maximum Gasteiger partial charge on any atom is 0.224 e. The predicted octanol–water partition coefficient (Wildman–Crippen LogP) is 3.29. The normalized spacial score (nSPS) is 10.2. The lowest BCUT2D eigenvalue weighted by Crippen LogP contribution is -2.26. The molecule has 0 heterocycles. The fraction of sp³-hybridized carbons (Fsp3) is 0.278. The minimum absolute atomic E-state index is 0.0973. The van der Waals surface area contributed by atoms with Gasteiger partial charge >= 0.3 is 0 Å². The maximum absolute atomic E-state index is 11.8. The zero-order valence-corrected chi connectivity index (χ0v) is 11.9. The Kier molecular flexibility index (Phi) is 5.36. The van der Waals surface area contributed by atoms with E-state index in [0.29, 0.717) is 6.42 Å². The van der Waals surface area contributed by atoms with Gasteiger partial charge in [0.25, 0.3) is 0 Å². The van der Waals surface area contributed by atoms with Crippen molar-refractivity contribution in [3.05, 3.63) is 71.3 Å². The van der Waals surface area contributed by atoms with Crippen molar-refractivity contribution in [3.63, 3.8) is 0 Å². The third kappa shape index (κ3) is 4.88.